The van der Waals surface area contributed by atoms with E-state index in [1.165, 1.54) is 18.3 Å². The van der Waals surface area contributed by atoms with Crippen molar-refractivity contribution in [2.45, 2.75) is 24.6 Å². The van der Waals surface area contributed by atoms with Gasteiger partial charge in [0.05, 0.1) is 6.61 Å². The molecule has 0 aliphatic carbocycles. The number of likely N-dealkylation sites (N-methyl/N-ethyl adjacent to an activating group) is 1. The van der Waals surface area contributed by atoms with Crippen molar-refractivity contribution in [2.24, 2.45) is 0 Å². The third-order valence-corrected chi connectivity index (χ3v) is 4.04. The lowest BCUT2D eigenvalue weighted by Gasteiger charge is -2.19. The standard InChI is InChI=1S/C11H19N3O3S/c1-9(14(2)3)6-13-18(16,17)11-5-4-10(8-15)7-12-11/h4-5,7,9,13,15H,6,8H2,1-3H3. The first-order valence-corrected chi connectivity index (χ1v) is 7.07. The van der Waals surface area contributed by atoms with Gasteiger partial charge in [0.15, 0.2) is 5.03 Å². The van der Waals surface area contributed by atoms with Crippen molar-refractivity contribution in [3.63, 3.8) is 0 Å². The van der Waals surface area contributed by atoms with Crippen molar-refractivity contribution >= 4 is 10.0 Å². The molecule has 0 bridgehead atoms. The Morgan fingerprint density at radius 1 is 1.44 bits per heavy atom. The third kappa shape index (κ3) is 4.02. The molecule has 6 nitrogen and oxygen atoms in total. The molecule has 0 amide bonds. The summed E-state index contributed by atoms with van der Waals surface area (Å²) in [5, 5.41) is 8.82. The highest BCUT2D eigenvalue weighted by Gasteiger charge is 2.17. The molecular formula is C11H19N3O3S. The summed E-state index contributed by atoms with van der Waals surface area (Å²) in [5.41, 5.74) is 0.579. The van der Waals surface area contributed by atoms with Crippen LogP contribution in [-0.4, -0.2) is 50.1 Å². The van der Waals surface area contributed by atoms with Crippen LogP contribution in [0.3, 0.4) is 0 Å². The summed E-state index contributed by atoms with van der Waals surface area (Å²) in [6.45, 7) is 2.09. The number of aliphatic hydroxyl groups excluding tert-OH is 1. The molecule has 18 heavy (non-hydrogen) atoms. The van der Waals surface area contributed by atoms with Gasteiger partial charge in [0.1, 0.15) is 0 Å². The van der Waals surface area contributed by atoms with E-state index in [1.54, 1.807) is 0 Å². The first-order chi connectivity index (χ1) is 8.36. The Balaban J connectivity index is 2.73. The molecule has 1 unspecified atom stereocenters. The average Bonchev–Trinajstić information content (AvgIpc) is 2.36. The third-order valence-electron chi connectivity index (χ3n) is 2.71. The summed E-state index contributed by atoms with van der Waals surface area (Å²) in [7, 11) is 0.181. The fourth-order valence-electron chi connectivity index (χ4n) is 1.15. The van der Waals surface area contributed by atoms with Gasteiger partial charge in [-0.3, -0.25) is 0 Å². The molecule has 0 aliphatic heterocycles. The van der Waals surface area contributed by atoms with E-state index in [0.29, 0.717) is 12.1 Å². The van der Waals surface area contributed by atoms with Gasteiger partial charge >= 0.3 is 0 Å². The first kappa shape index (κ1) is 15.0. The van der Waals surface area contributed by atoms with Crippen molar-refractivity contribution in [1.29, 1.82) is 0 Å². The van der Waals surface area contributed by atoms with Crippen LogP contribution in [0.1, 0.15) is 12.5 Å². The molecule has 7 heteroatoms. The van der Waals surface area contributed by atoms with Crippen LogP contribution < -0.4 is 4.72 Å². The molecular weight excluding hydrogens is 254 g/mol. The Morgan fingerprint density at radius 3 is 2.56 bits per heavy atom. The Hall–Kier alpha value is -1.02. The molecule has 2 N–H and O–H groups in total. The molecule has 0 saturated heterocycles. The molecule has 1 aromatic rings. The lowest BCUT2D eigenvalue weighted by molar-refractivity contribution is 0.281. The van der Waals surface area contributed by atoms with Gasteiger partial charge in [-0.1, -0.05) is 6.07 Å². The van der Waals surface area contributed by atoms with Crippen LogP contribution >= 0.6 is 0 Å². The molecule has 102 valence electrons. The highest BCUT2D eigenvalue weighted by atomic mass is 32.2. The van der Waals surface area contributed by atoms with E-state index in [4.69, 9.17) is 5.11 Å². The number of rotatable bonds is 6. The number of aromatic nitrogens is 1. The number of aliphatic hydroxyl groups is 1. The van der Waals surface area contributed by atoms with Crippen molar-refractivity contribution < 1.29 is 13.5 Å². The zero-order valence-corrected chi connectivity index (χ0v) is 11.6. The topological polar surface area (TPSA) is 82.5 Å². The fourth-order valence-corrected chi connectivity index (χ4v) is 2.20. The molecule has 0 radical (unpaired) electrons. The molecule has 1 atom stereocenters. The lowest BCUT2D eigenvalue weighted by atomic mass is 10.3. The summed E-state index contributed by atoms with van der Waals surface area (Å²) in [6, 6.07) is 3.02. The van der Waals surface area contributed by atoms with Gasteiger partial charge in [-0.05, 0) is 32.6 Å². The maximum Gasteiger partial charge on any atom is 0.258 e. The second-order valence-electron chi connectivity index (χ2n) is 4.33. The molecule has 0 spiro atoms. The van der Waals surface area contributed by atoms with Crippen LogP contribution in [0.25, 0.3) is 0 Å². The Morgan fingerprint density at radius 2 is 2.11 bits per heavy atom. The van der Waals surface area contributed by atoms with Gasteiger partial charge in [-0.25, -0.2) is 18.1 Å². The van der Waals surface area contributed by atoms with E-state index >= 15 is 0 Å². The number of pyridine rings is 1. The SMILES string of the molecule is CC(CNS(=O)(=O)c1ccc(CO)cn1)N(C)C. The predicted molar refractivity (Wildman–Crippen MR) is 68.5 cm³/mol. The van der Waals surface area contributed by atoms with E-state index in [9.17, 15) is 8.42 Å². The van der Waals surface area contributed by atoms with E-state index < -0.39 is 10.0 Å². The number of hydrogen-bond donors (Lipinski definition) is 2. The normalized spacial score (nSPS) is 13.8. The van der Waals surface area contributed by atoms with Crippen LogP contribution in [0.4, 0.5) is 0 Å². The quantitative estimate of drug-likeness (QED) is 0.750. The Kier molecular flexibility index (Phi) is 5.21. The van der Waals surface area contributed by atoms with Gasteiger partial charge in [-0.15, -0.1) is 0 Å². The smallest absolute Gasteiger partial charge is 0.258 e. The minimum Gasteiger partial charge on any atom is -0.392 e. The van der Waals surface area contributed by atoms with Crippen LogP contribution in [0.15, 0.2) is 23.4 Å². The largest absolute Gasteiger partial charge is 0.392 e. The average molecular weight is 273 g/mol. The molecule has 0 aliphatic rings. The fraction of sp³-hybridized carbons (Fsp3) is 0.545. The van der Waals surface area contributed by atoms with Crippen LogP contribution in [0.5, 0.6) is 0 Å². The van der Waals surface area contributed by atoms with Crippen molar-refractivity contribution in [3.05, 3.63) is 23.9 Å². The maximum absolute atomic E-state index is 11.9. The molecule has 1 heterocycles. The second kappa shape index (κ2) is 6.24. The molecule has 1 aromatic heterocycles. The van der Waals surface area contributed by atoms with Crippen LogP contribution in [-0.2, 0) is 16.6 Å². The van der Waals surface area contributed by atoms with Gasteiger partial charge < -0.3 is 10.0 Å². The van der Waals surface area contributed by atoms with Crippen molar-refractivity contribution in [3.8, 4) is 0 Å². The summed E-state index contributed by atoms with van der Waals surface area (Å²) in [4.78, 5) is 5.74. The highest BCUT2D eigenvalue weighted by molar-refractivity contribution is 7.89. The first-order valence-electron chi connectivity index (χ1n) is 5.58. The summed E-state index contributed by atoms with van der Waals surface area (Å²) in [5.74, 6) is 0. The van der Waals surface area contributed by atoms with E-state index in [1.807, 2.05) is 25.9 Å². The number of hydrogen-bond acceptors (Lipinski definition) is 5. The zero-order chi connectivity index (χ0) is 13.8. The van der Waals surface area contributed by atoms with Crippen molar-refractivity contribution in [2.75, 3.05) is 20.6 Å². The van der Waals surface area contributed by atoms with E-state index in [0.717, 1.165) is 0 Å². The monoisotopic (exact) mass is 273 g/mol. The Labute approximate surface area is 108 Å². The second-order valence-corrected chi connectivity index (χ2v) is 6.04. The van der Waals surface area contributed by atoms with Crippen LogP contribution in [0.2, 0.25) is 0 Å². The Bertz CT molecular complexity index is 471. The summed E-state index contributed by atoms with van der Waals surface area (Å²) >= 11 is 0. The maximum atomic E-state index is 11.9. The molecule has 0 aromatic carbocycles. The predicted octanol–water partition coefficient (Wildman–Crippen LogP) is -0.198. The van der Waals surface area contributed by atoms with Crippen LogP contribution in [0, 0.1) is 0 Å². The highest BCUT2D eigenvalue weighted by Crippen LogP contribution is 2.06. The van der Waals surface area contributed by atoms with E-state index in [2.05, 4.69) is 9.71 Å². The summed E-state index contributed by atoms with van der Waals surface area (Å²) < 4.78 is 26.3. The summed E-state index contributed by atoms with van der Waals surface area (Å²) in [6.07, 6.45) is 1.35. The van der Waals surface area contributed by atoms with E-state index in [-0.39, 0.29) is 17.7 Å². The minimum absolute atomic E-state index is 0.0364. The molecule has 0 fully saturated rings. The van der Waals surface area contributed by atoms with Gasteiger partial charge in [0, 0.05) is 18.8 Å². The van der Waals surface area contributed by atoms with Gasteiger partial charge in [0.25, 0.3) is 10.0 Å². The zero-order valence-electron chi connectivity index (χ0n) is 10.8. The van der Waals surface area contributed by atoms with Crippen molar-refractivity contribution in [1.82, 2.24) is 14.6 Å². The molecule has 0 saturated carbocycles. The molecule has 1 rings (SSSR count). The van der Waals surface area contributed by atoms with Gasteiger partial charge in [0.2, 0.25) is 0 Å². The number of sulfonamides is 1. The number of nitrogens with one attached hydrogen (secondary N) is 1. The number of nitrogens with zero attached hydrogens (tertiary/aromatic N) is 2. The van der Waals surface area contributed by atoms with Gasteiger partial charge in [-0.2, -0.15) is 0 Å². The lowest BCUT2D eigenvalue weighted by Crippen LogP contribution is -2.38. The minimum atomic E-state index is -3.58.